The molecular formula is C9H24ClNO3Si. The highest BCUT2D eigenvalue weighted by Crippen LogP contribution is 2.28. The van der Waals surface area contributed by atoms with E-state index < -0.39 is 5.91 Å². The molecule has 0 aromatic rings. The van der Waals surface area contributed by atoms with Crippen molar-refractivity contribution in [2.75, 3.05) is 42.5 Å². The lowest BCUT2D eigenvalue weighted by molar-refractivity contribution is -0.984. The third kappa shape index (κ3) is 3.40. The summed E-state index contributed by atoms with van der Waals surface area (Å²) in [7, 11) is 12.2. The zero-order valence-electron chi connectivity index (χ0n) is 10.8. The van der Waals surface area contributed by atoms with Crippen molar-refractivity contribution < 1.29 is 31.1 Å². The molecular weight excluding hydrogens is 234 g/mol. The Balaban J connectivity index is 0. The minimum Gasteiger partial charge on any atom is -1.00 e. The highest BCUT2D eigenvalue weighted by atomic mass is 35.5. The van der Waals surface area contributed by atoms with Gasteiger partial charge in [0.05, 0.1) is 21.1 Å². The van der Waals surface area contributed by atoms with Crippen molar-refractivity contribution in [2.45, 2.75) is 18.1 Å². The number of methoxy groups -OCH3 is 3. The van der Waals surface area contributed by atoms with Gasteiger partial charge in [-0.2, -0.15) is 0 Å². The quantitative estimate of drug-likeness (QED) is 0.280. The zero-order valence-corrected chi connectivity index (χ0v) is 13.6. The summed E-state index contributed by atoms with van der Waals surface area (Å²) in [5.74, 6) is -0.712. The van der Waals surface area contributed by atoms with Crippen molar-refractivity contribution in [2.24, 2.45) is 0 Å². The maximum atomic E-state index is 5.54. The van der Waals surface area contributed by atoms with Crippen LogP contribution in [0.5, 0.6) is 0 Å². The normalized spacial score (nSPS) is 14.8. The van der Waals surface area contributed by atoms with E-state index in [0.29, 0.717) is 4.48 Å². The molecule has 4 nitrogen and oxygen atoms in total. The predicted octanol–water partition coefficient (Wildman–Crippen LogP) is -3.56. The van der Waals surface area contributed by atoms with Crippen LogP contribution < -0.4 is 12.4 Å². The molecule has 1 unspecified atom stereocenters. The van der Waals surface area contributed by atoms with Crippen molar-refractivity contribution in [1.82, 2.24) is 0 Å². The fraction of sp³-hybridized carbons (Fsp3) is 1.00. The van der Waals surface area contributed by atoms with E-state index in [2.05, 4.69) is 0 Å². The van der Waals surface area contributed by atoms with Gasteiger partial charge in [0.15, 0.2) is 6.10 Å². The van der Waals surface area contributed by atoms with Gasteiger partial charge in [0.25, 0.3) is 0 Å². The lowest BCUT2D eigenvalue weighted by atomic mass is 10.2. The van der Waals surface area contributed by atoms with Gasteiger partial charge in [-0.15, -0.1) is 0 Å². The standard InChI is InChI=1S/C9H24NO3Si.ClH/c1-10(2,3)9(12-5,13-6)8(7-14)11-4;/h8H,7H2,1-6,14H3;1H/q+1;/p-1. The van der Waals surface area contributed by atoms with Crippen LogP contribution in [-0.4, -0.2) is 69.2 Å². The van der Waals surface area contributed by atoms with E-state index in [1.165, 1.54) is 0 Å². The van der Waals surface area contributed by atoms with E-state index in [1.807, 2.05) is 21.1 Å². The van der Waals surface area contributed by atoms with Gasteiger partial charge < -0.3 is 26.6 Å². The Hall–Kier alpha value is 0.347. The molecule has 0 aromatic heterocycles. The molecule has 0 spiro atoms. The number of hydrogen-bond donors (Lipinski definition) is 0. The summed E-state index contributed by atoms with van der Waals surface area (Å²) in [6.07, 6.45) is -0.0239. The molecule has 1 atom stereocenters. The molecule has 0 rings (SSSR count). The fourth-order valence-electron chi connectivity index (χ4n) is 1.90. The molecule has 0 heterocycles. The molecule has 15 heavy (non-hydrogen) atoms. The molecule has 0 aliphatic heterocycles. The van der Waals surface area contributed by atoms with Gasteiger partial charge in [0, 0.05) is 31.6 Å². The molecule has 0 amide bonds. The van der Waals surface area contributed by atoms with E-state index in [0.717, 1.165) is 16.3 Å². The topological polar surface area (TPSA) is 27.7 Å². The van der Waals surface area contributed by atoms with Gasteiger partial charge in [-0.25, -0.2) is 0 Å². The number of hydrogen-bond acceptors (Lipinski definition) is 3. The average molecular weight is 258 g/mol. The second kappa shape index (κ2) is 6.83. The highest BCUT2D eigenvalue weighted by Gasteiger charge is 2.51. The lowest BCUT2D eigenvalue weighted by Crippen LogP contribution is -3.00. The van der Waals surface area contributed by atoms with Crippen LogP contribution in [0, 0.1) is 0 Å². The van der Waals surface area contributed by atoms with Gasteiger partial charge in [0.2, 0.25) is 0 Å². The second-order valence-electron chi connectivity index (χ2n) is 4.18. The van der Waals surface area contributed by atoms with Crippen LogP contribution in [-0.2, 0) is 14.2 Å². The largest absolute Gasteiger partial charge is 1.00 e. The fourth-order valence-corrected chi connectivity index (χ4v) is 2.75. The van der Waals surface area contributed by atoms with Gasteiger partial charge in [-0.3, -0.25) is 4.48 Å². The van der Waals surface area contributed by atoms with E-state index in [1.54, 1.807) is 21.3 Å². The van der Waals surface area contributed by atoms with Crippen LogP contribution in [0.2, 0.25) is 6.04 Å². The van der Waals surface area contributed by atoms with Crippen LogP contribution in [0.15, 0.2) is 0 Å². The molecule has 6 heteroatoms. The van der Waals surface area contributed by atoms with Crippen molar-refractivity contribution in [3.8, 4) is 0 Å². The first-order valence-electron chi connectivity index (χ1n) is 4.84. The van der Waals surface area contributed by atoms with E-state index in [9.17, 15) is 0 Å². The summed E-state index contributed by atoms with van der Waals surface area (Å²) in [4.78, 5) is 0. The molecule has 94 valence electrons. The van der Waals surface area contributed by atoms with Gasteiger partial charge >= 0.3 is 5.91 Å². The van der Waals surface area contributed by atoms with Gasteiger partial charge in [-0.1, -0.05) is 0 Å². The molecule has 0 saturated heterocycles. The van der Waals surface area contributed by atoms with E-state index >= 15 is 0 Å². The average Bonchev–Trinajstić information content (AvgIpc) is 2.12. The van der Waals surface area contributed by atoms with E-state index in [-0.39, 0.29) is 18.5 Å². The van der Waals surface area contributed by atoms with Gasteiger partial charge in [-0.05, 0) is 6.04 Å². The molecule has 0 fully saturated rings. The first-order valence-corrected chi connectivity index (χ1v) is 6.25. The molecule has 0 aromatic carbocycles. The maximum absolute atomic E-state index is 5.54. The minimum absolute atomic E-state index is 0. The Morgan fingerprint density at radius 3 is 1.60 bits per heavy atom. The number of rotatable bonds is 6. The van der Waals surface area contributed by atoms with Crippen LogP contribution in [0.1, 0.15) is 0 Å². The predicted molar refractivity (Wildman–Crippen MR) is 60.3 cm³/mol. The summed E-state index contributed by atoms with van der Waals surface area (Å²) >= 11 is 0. The number of halogens is 1. The van der Waals surface area contributed by atoms with Crippen molar-refractivity contribution >= 4 is 10.2 Å². The minimum atomic E-state index is -0.712. The van der Waals surface area contributed by atoms with Crippen molar-refractivity contribution in [3.63, 3.8) is 0 Å². The second-order valence-corrected chi connectivity index (χ2v) is 5.00. The maximum Gasteiger partial charge on any atom is 0.345 e. The number of quaternary nitrogens is 1. The summed E-state index contributed by atoms with van der Waals surface area (Å²) in [6, 6.07) is 0.980. The third-order valence-corrected chi connectivity index (χ3v) is 3.32. The smallest absolute Gasteiger partial charge is 0.345 e. The van der Waals surface area contributed by atoms with Crippen LogP contribution in [0.25, 0.3) is 0 Å². The molecule has 0 radical (unpaired) electrons. The summed E-state index contributed by atoms with van der Waals surface area (Å²) in [5, 5.41) is 0. The highest BCUT2D eigenvalue weighted by molar-refractivity contribution is 6.08. The number of likely N-dealkylation sites (N-methyl/N-ethyl adjacent to an activating group) is 1. The molecule has 0 aliphatic carbocycles. The lowest BCUT2D eigenvalue weighted by Gasteiger charge is -2.45. The monoisotopic (exact) mass is 257 g/mol. The SMILES string of the molecule is COC(C[SiH3])C(OC)(OC)[N+](C)(C)C.[Cl-]. The first kappa shape index (κ1) is 17.7. The first-order chi connectivity index (χ1) is 6.39. The van der Waals surface area contributed by atoms with Gasteiger partial charge in [0.1, 0.15) is 0 Å². The summed E-state index contributed by atoms with van der Waals surface area (Å²) in [6.45, 7) is 0. The van der Waals surface area contributed by atoms with Crippen LogP contribution in [0.4, 0.5) is 0 Å². The Morgan fingerprint density at radius 2 is 1.53 bits per heavy atom. The Labute approximate surface area is 102 Å². The molecule has 0 saturated carbocycles. The molecule has 0 bridgehead atoms. The summed E-state index contributed by atoms with van der Waals surface area (Å²) < 4.78 is 17.1. The third-order valence-electron chi connectivity index (χ3n) is 2.58. The molecule has 0 aliphatic rings. The van der Waals surface area contributed by atoms with E-state index in [4.69, 9.17) is 14.2 Å². The Kier molecular flexibility index (Phi) is 8.07. The number of ether oxygens (including phenoxy) is 3. The van der Waals surface area contributed by atoms with Crippen molar-refractivity contribution in [3.05, 3.63) is 0 Å². The Bertz CT molecular complexity index is 167. The van der Waals surface area contributed by atoms with Crippen LogP contribution >= 0.6 is 0 Å². The number of nitrogens with zero attached hydrogens (tertiary/aromatic N) is 1. The summed E-state index contributed by atoms with van der Waals surface area (Å²) in [5.41, 5.74) is 0. The van der Waals surface area contributed by atoms with Crippen LogP contribution in [0.3, 0.4) is 0 Å². The Morgan fingerprint density at radius 1 is 1.13 bits per heavy atom. The zero-order chi connectivity index (χ0) is 11.4. The molecule has 0 N–H and O–H groups in total. The van der Waals surface area contributed by atoms with Crippen molar-refractivity contribution in [1.29, 1.82) is 0 Å².